The Morgan fingerprint density at radius 2 is 2.28 bits per heavy atom. The van der Waals surface area contributed by atoms with E-state index < -0.39 is 12.0 Å². The van der Waals surface area contributed by atoms with Gasteiger partial charge in [-0.2, -0.15) is 0 Å². The van der Waals surface area contributed by atoms with Crippen LogP contribution in [0.3, 0.4) is 0 Å². The summed E-state index contributed by atoms with van der Waals surface area (Å²) in [4.78, 5) is 14.4. The van der Waals surface area contributed by atoms with Gasteiger partial charge in [-0.05, 0) is 25.1 Å². The van der Waals surface area contributed by atoms with Gasteiger partial charge in [0.1, 0.15) is 11.9 Å². The van der Waals surface area contributed by atoms with Gasteiger partial charge in [0, 0.05) is 22.7 Å². The highest BCUT2D eigenvalue weighted by Crippen LogP contribution is 2.24. The van der Waals surface area contributed by atoms with Crippen LogP contribution in [0.2, 0.25) is 0 Å². The molecule has 1 aromatic carbocycles. The number of rotatable bonds is 3. The van der Waals surface area contributed by atoms with Gasteiger partial charge in [-0.25, -0.2) is 9.18 Å². The first kappa shape index (κ1) is 14.5. The van der Waals surface area contributed by atoms with Crippen molar-refractivity contribution in [3.05, 3.63) is 35.8 Å². The van der Waals surface area contributed by atoms with Crippen molar-refractivity contribution in [1.29, 1.82) is 0 Å². The van der Waals surface area contributed by atoms with E-state index in [1.807, 2.05) is 0 Å². The quantitative estimate of drug-likeness (QED) is 0.843. The first-order valence-electron chi connectivity index (χ1n) is 5.32. The van der Waals surface area contributed by atoms with Crippen LogP contribution < -0.4 is 5.73 Å². The van der Waals surface area contributed by atoms with E-state index in [0.29, 0.717) is 11.1 Å². The zero-order chi connectivity index (χ0) is 12.4. The van der Waals surface area contributed by atoms with Crippen molar-refractivity contribution in [2.24, 2.45) is 5.73 Å². The molecule has 1 aromatic heterocycles. The Hall–Kier alpha value is -1.59. The maximum Gasteiger partial charge on any atom is 0.327 e. The van der Waals surface area contributed by atoms with E-state index in [9.17, 15) is 9.18 Å². The molecule has 1 heterocycles. The first-order chi connectivity index (χ1) is 8.13. The molecule has 0 aliphatic carbocycles. The number of fused-ring (bicyclic) bond motifs is 1. The van der Waals surface area contributed by atoms with E-state index in [1.165, 1.54) is 12.1 Å². The Kier molecular flexibility index (Phi) is 4.69. The number of nitrogens with one attached hydrogen (secondary N) is 1. The Labute approximate surface area is 110 Å². The monoisotopic (exact) mass is 272 g/mol. The van der Waals surface area contributed by atoms with Crippen LogP contribution in [0, 0.1) is 5.82 Å². The second-order valence-electron chi connectivity index (χ2n) is 3.66. The molecule has 98 valence electrons. The summed E-state index contributed by atoms with van der Waals surface area (Å²) in [7, 11) is 0. The first-order valence-corrected chi connectivity index (χ1v) is 5.32. The SMILES string of the molecule is CCOC(=O)[C@@H](N)c1c[nH]c2cc(F)ccc12.Cl. The maximum atomic E-state index is 13.0. The Balaban J connectivity index is 0.00000162. The van der Waals surface area contributed by atoms with Crippen LogP contribution in [0.15, 0.2) is 24.4 Å². The molecule has 18 heavy (non-hydrogen) atoms. The molecule has 0 unspecified atom stereocenters. The van der Waals surface area contributed by atoms with Gasteiger partial charge in [0.05, 0.1) is 6.61 Å². The summed E-state index contributed by atoms with van der Waals surface area (Å²) >= 11 is 0. The second-order valence-corrected chi connectivity index (χ2v) is 3.66. The molecule has 0 fully saturated rings. The van der Waals surface area contributed by atoms with Gasteiger partial charge in [0.2, 0.25) is 0 Å². The highest BCUT2D eigenvalue weighted by molar-refractivity contribution is 5.89. The maximum absolute atomic E-state index is 13.0. The molecule has 4 nitrogen and oxygen atoms in total. The van der Waals surface area contributed by atoms with Crippen LogP contribution in [0.4, 0.5) is 4.39 Å². The summed E-state index contributed by atoms with van der Waals surface area (Å²) in [5.41, 5.74) is 7.01. The highest BCUT2D eigenvalue weighted by atomic mass is 35.5. The molecule has 1 atom stereocenters. The molecule has 0 aliphatic heterocycles. The molecule has 0 aliphatic rings. The Morgan fingerprint density at radius 1 is 1.56 bits per heavy atom. The van der Waals surface area contributed by atoms with Gasteiger partial charge in [-0.15, -0.1) is 12.4 Å². The van der Waals surface area contributed by atoms with Crippen molar-refractivity contribution in [2.75, 3.05) is 6.61 Å². The van der Waals surface area contributed by atoms with E-state index in [4.69, 9.17) is 10.5 Å². The van der Waals surface area contributed by atoms with Crippen molar-refractivity contribution in [2.45, 2.75) is 13.0 Å². The average Bonchev–Trinajstić information content (AvgIpc) is 2.71. The topological polar surface area (TPSA) is 68.1 Å². The van der Waals surface area contributed by atoms with Crippen LogP contribution in [0.1, 0.15) is 18.5 Å². The van der Waals surface area contributed by atoms with Crippen molar-refractivity contribution in [3.8, 4) is 0 Å². The number of halogens is 2. The largest absolute Gasteiger partial charge is 0.465 e. The molecule has 2 aromatic rings. The number of aromatic nitrogens is 1. The van der Waals surface area contributed by atoms with Crippen LogP contribution in [0.5, 0.6) is 0 Å². The standard InChI is InChI=1S/C12H13FN2O2.ClH/c1-2-17-12(16)11(14)9-6-15-10-5-7(13)3-4-8(9)10;/h3-6,11,15H,2,14H2,1H3;1H/t11-;/m0./s1. The zero-order valence-electron chi connectivity index (χ0n) is 9.77. The van der Waals surface area contributed by atoms with Crippen molar-refractivity contribution < 1.29 is 13.9 Å². The molecule has 0 saturated heterocycles. The summed E-state index contributed by atoms with van der Waals surface area (Å²) in [6, 6.07) is 3.43. The number of hydrogen-bond acceptors (Lipinski definition) is 3. The van der Waals surface area contributed by atoms with Crippen molar-refractivity contribution >= 4 is 29.3 Å². The fraction of sp³-hybridized carbons (Fsp3) is 0.250. The molecule has 0 spiro atoms. The summed E-state index contributed by atoms with van der Waals surface area (Å²) in [5, 5.41) is 0.729. The van der Waals surface area contributed by atoms with Crippen LogP contribution in [0.25, 0.3) is 10.9 Å². The fourth-order valence-electron chi connectivity index (χ4n) is 1.74. The lowest BCUT2D eigenvalue weighted by Crippen LogP contribution is -2.23. The Morgan fingerprint density at radius 3 is 2.94 bits per heavy atom. The van der Waals surface area contributed by atoms with E-state index in [0.717, 1.165) is 5.39 Å². The molecule has 2 rings (SSSR count). The van der Waals surface area contributed by atoms with Gasteiger partial charge in [-0.3, -0.25) is 0 Å². The van der Waals surface area contributed by atoms with Crippen LogP contribution in [-0.4, -0.2) is 17.6 Å². The van der Waals surface area contributed by atoms with Crippen molar-refractivity contribution in [3.63, 3.8) is 0 Å². The zero-order valence-corrected chi connectivity index (χ0v) is 10.6. The smallest absolute Gasteiger partial charge is 0.327 e. The molecule has 0 saturated carbocycles. The predicted molar refractivity (Wildman–Crippen MR) is 69.1 cm³/mol. The Bertz CT molecular complexity index is 556. The molecule has 0 radical (unpaired) electrons. The molecule has 6 heteroatoms. The number of carbonyl (C=O) groups excluding carboxylic acids is 1. The minimum Gasteiger partial charge on any atom is -0.465 e. The number of benzene rings is 1. The van der Waals surface area contributed by atoms with Crippen molar-refractivity contribution in [1.82, 2.24) is 4.98 Å². The third-order valence-electron chi connectivity index (χ3n) is 2.55. The third-order valence-corrected chi connectivity index (χ3v) is 2.55. The molecule has 0 bridgehead atoms. The second kappa shape index (κ2) is 5.84. The predicted octanol–water partition coefficient (Wildman–Crippen LogP) is 2.29. The van der Waals surface area contributed by atoms with E-state index in [2.05, 4.69) is 4.98 Å². The lowest BCUT2D eigenvalue weighted by Gasteiger charge is -2.09. The number of ether oxygens (including phenoxy) is 1. The number of nitrogens with two attached hydrogens (primary N) is 1. The van der Waals surface area contributed by atoms with Crippen LogP contribution in [-0.2, 0) is 9.53 Å². The number of carbonyl (C=O) groups is 1. The summed E-state index contributed by atoms with van der Waals surface area (Å²) in [6.45, 7) is 2.00. The van der Waals surface area contributed by atoms with E-state index in [-0.39, 0.29) is 24.8 Å². The third kappa shape index (κ3) is 2.63. The average molecular weight is 273 g/mol. The molecular weight excluding hydrogens is 259 g/mol. The normalized spacial score (nSPS) is 11.9. The number of hydrogen-bond donors (Lipinski definition) is 2. The fourth-order valence-corrected chi connectivity index (χ4v) is 1.74. The van der Waals surface area contributed by atoms with Gasteiger partial charge in [-0.1, -0.05) is 0 Å². The van der Waals surface area contributed by atoms with Gasteiger partial charge in [0.25, 0.3) is 0 Å². The summed E-state index contributed by atoms with van der Waals surface area (Å²) < 4.78 is 17.8. The lowest BCUT2D eigenvalue weighted by atomic mass is 10.1. The van der Waals surface area contributed by atoms with E-state index in [1.54, 1.807) is 19.2 Å². The number of H-pyrrole nitrogens is 1. The lowest BCUT2D eigenvalue weighted by molar-refractivity contribution is -0.144. The minimum atomic E-state index is -0.853. The number of aromatic amines is 1. The highest BCUT2D eigenvalue weighted by Gasteiger charge is 2.20. The van der Waals surface area contributed by atoms with Gasteiger partial charge < -0.3 is 15.5 Å². The minimum absolute atomic E-state index is 0. The summed E-state index contributed by atoms with van der Waals surface area (Å²) in [6.07, 6.45) is 1.60. The molecular formula is C12H14ClFN2O2. The number of esters is 1. The van der Waals surface area contributed by atoms with Gasteiger partial charge in [0.15, 0.2) is 0 Å². The van der Waals surface area contributed by atoms with Gasteiger partial charge >= 0.3 is 5.97 Å². The molecule has 0 amide bonds. The summed E-state index contributed by atoms with van der Waals surface area (Å²) in [5.74, 6) is -0.826. The van der Waals surface area contributed by atoms with Crippen LogP contribution >= 0.6 is 12.4 Å². The molecule has 3 N–H and O–H groups in total. The van der Waals surface area contributed by atoms with E-state index >= 15 is 0 Å².